The van der Waals surface area contributed by atoms with Crippen molar-refractivity contribution in [2.45, 2.75) is 13.0 Å². The summed E-state index contributed by atoms with van der Waals surface area (Å²) in [6.07, 6.45) is 2.60. The molecule has 1 rings (SSSR count). The normalized spacial score (nSPS) is 10.4. The summed E-state index contributed by atoms with van der Waals surface area (Å²) < 4.78 is 9.58. The van der Waals surface area contributed by atoms with Gasteiger partial charge in [-0.2, -0.15) is 0 Å². The van der Waals surface area contributed by atoms with Gasteiger partial charge < -0.3 is 14.6 Å². The van der Waals surface area contributed by atoms with Crippen molar-refractivity contribution in [1.82, 2.24) is 10.5 Å². The number of methoxy groups -OCH3 is 1. The molecule has 0 spiro atoms. The number of nitrogens with zero attached hydrogens (tertiary/aromatic N) is 1. The Bertz CT molecular complexity index is 187. The van der Waals surface area contributed by atoms with Gasteiger partial charge in [0.25, 0.3) is 0 Å². The van der Waals surface area contributed by atoms with Gasteiger partial charge in [0.2, 0.25) is 0 Å². The second-order valence-corrected chi connectivity index (χ2v) is 2.51. The lowest BCUT2D eigenvalue weighted by molar-refractivity contribution is 0.194. The van der Waals surface area contributed by atoms with Crippen LogP contribution < -0.4 is 5.32 Å². The molecule has 1 aromatic heterocycles. The molecule has 4 heteroatoms. The summed E-state index contributed by atoms with van der Waals surface area (Å²) in [6.45, 7) is 2.51. The number of nitrogens with one attached hydrogen (secondary N) is 1. The van der Waals surface area contributed by atoms with Crippen molar-refractivity contribution < 1.29 is 9.26 Å². The van der Waals surface area contributed by atoms with E-state index in [1.54, 1.807) is 13.4 Å². The zero-order valence-corrected chi connectivity index (χ0v) is 7.25. The smallest absolute Gasteiger partial charge is 0.124 e. The van der Waals surface area contributed by atoms with Gasteiger partial charge in [0.15, 0.2) is 0 Å². The molecule has 0 amide bonds. The topological polar surface area (TPSA) is 47.3 Å². The highest BCUT2D eigenvalue weighted by Gasteiger charge is 1.93. The standard InChI is InChI=1S/C8H14N2O2/c1-11-5-2-4-9-7-8-3-6-12-10-8/h3,6,9H,2,4-5,7H2,1H3. The van der Waals surface area contributed by atoms with E-state index in [-0.39, 0.29) is 0 Å². The largest absolute Gasteiger partial charge is 0.385 e. The van der Waals surface area contributed by atoms with E-state index >= 15 is 0 Å². The van der Waals surface area contributed by atoms with Crippen molar-refractivity contribution in [2.24, 2.45) is 0 Å². The summed E-state index contributed by atoms with van der Waals surface area (Å²) >= 11 is 0. The Morgan fingerprint density at radius 2 is 2.58 bits per heavy atom. The van der Waals surface area contributed by atoms with E-state index in [1.165, 1.54) is 0 Å². The quantitative estimate of drug-likeness (QED) is 0.641. The molecule has 0 aliphatic rings. The second-order valence-electron chi connectivity index (χ2n) is 2.51. The lowest BCUT2D eigenvalue weighted by Crippen LogP contribution is -2.16. The summed E-state index contributed by atoms with van der Waals surface area (Å²) in [5.74, 6) is 0. The van der Waals surface area contributed by atoms with Gasteiger partial charge in [-0.1, -0.05) is 5.16 Å². The molecule has 0 unspecified atom stereocenters. The third-order valence-electron chi connectivity index (χ3n) is 1.50. The van der Waals surface area contributed by atoms with E-state index in [9.17, 15) is 0 Å². The van der Waals surface area contributed by atoms with Crippen LogP contribution in [0.15, 0.2) is 16.9 Å². The van der Waals surface area contributed by atoms with E-state index in [0.29, 0.717) is 0 Å². The molecule has 0 aliphatic heterocycles. The van der Waals surface area contributed by atoms with Gasteiger partial charge >= 0.3 is 0 Å². The molecule has 0 fully saturated rings. The SMILES string of the molecule is COCCCNCc1ccon1. The number of hydrogen-bond acceptors (Lipinski definition) is 4. The van der Waals surface area contributed by atoms with Crippen molar-refractivity contribution in [1.29, 1.82) is 0 Å². The summed E-state index contributed by atoms with van der Waals surface area (Å²) in [6, 6.07) is 1.85. The molecular weight excluding hydrogens is 156 g/mol. The minimum Gasteiger partial charge on any atom is -0.385 e. The zero-order valence-electron chi connectivity index (χ0n) is 7.25. The molecule has 0 saturated heterocycles. The van der Waals surface area contributed by atoms with Crippen molar-refractivity contribution in [2.75, 3.05) is 20.3 Å². The second kappa shape index (κ2) is 5.74. The number of aromatic nitrogens is 1. The highest BCUT2D eigenvalue weighted by Crippen LogP contribution is 1.92. The summed E-state index contributed by atoms with van der Waals surface area (Å²) in [5.41, 5.74) is 0.937. The fraction of sp³-hybridized carbons (Fsp3) is 0.625. The molecular formula is C8H14N2O2. The van der Waals surface area contributed by atoms with Gasteiger partial charge in [-0.05, 0) is 13.0 Å². The minimum absolute atomic E-state index is 0.764. The molecule has 1 N–H and O–H groups in total. The van der Waals surface area contributed by atoms with Gasteiger partial charge in [-0.3, -0.25) is 0 Å². The molecule has 0 atom stereocenters. The van der Waals surface area contributed by atoms with Crippen molar-refractivity contribution in [3.05, 3.63) is 18.0 Å². The first-order chi connectivity index (χ1) is 5.93. The van der Waals surface area contributed by atoms with Crippen LogP contribution in [0.2, 0.25) is 0 Å². The van der Waals surface area contributed by atoms with Crippen LogP contribution >= 0.6 is 0 Å². The maximum Gasteiger partial charge on any atom is 0.124 e. The Hall–Kier alpha value is -0.870. The van der Waals surface area contributed by atoms with Crippen LogP contribution in [-0.4, -0.2) is 25.4 Å². The average molecular weight is 170 g/mol. The van der Waals surface area contributed by atoms with Crippen molar-refractivity contribution in [3.8, 4) is 0 Å². The van der Waals surface area contributed by atoms with Crippen LogP contribution in [0.3, 0.4) is 0 Å². The van der Waals surface area contributed by atoms with E-state index in [2.05, 4.69) is 15.0 Å². The third kappa shape index (κ3) is 3.50. The molecule has 0 radical (unpaired) electrons. The summed E-state index contributed by atoms with van der Waals surface area (Å²) in [7, 11) is 1.71. The first-order valence-corrected chi connectivity index (χ1v) is 4.02. The van der Waals surface area contributed by atoms with Crippen LogP contribution in [0.4, 0.5) is 0 Å². The Morgan fingerprint density at radius 3 is 3.25 bits per heavy atom. The van der Waals surface area contributed by atoms with Gasteiger partial charge in [0.05, 0.1) is 5.69 Å². The molecule has 4 nitrogen and oxygen atoms in total. The van der Waals surface area contributed by atoms with E-state index in [0.717, 1.165) is 31.8 Å². The summed E-state index contributed by atoms with van der Waals surface area (Å²) in [4.78, 5) is 0. The molecule has 0 bridgehead atoms. The first-order valence-electron chi connectivity index (χ1n) is 4.02. The maximum absolute atomic E-state index is 4.90. The van der Waals surface area contributed by atoms with Crippen LogP contribution in [0.5, 0.6) is 0 Å². The van der Waals surface area contributed by atoms with E-state index < -0.39 is 0 Å². The Kier molecular flexibility index (Phi) is 4.41. The minimum atomic E-state index is 0.764. The zero-order chi connectivity index (χ0) is 8.65. The molecule has 68 valence electrons. The number of ether oxygens (including phenoxy) is 1. The molecule has 0 aliphatic carbocycles. The lowest BCUT2D eigenvalue weighted by Gasteiger charge is -2.00. The first kappa shape index (κ1) is 9.22. The molecule has 12 heavy (non-hydrogen) atoms. The van der Waals surface area contributed by atoms with Gasteiger partial charge in [0, 0.05) is 26.3 Å². The lowest BCUT2D eigenvalue weighted by atomic mass is 10.4. The van der Waals surface area contributed by atoms with E-state index in [4.69, 9.17) is 4.74 Å². The molecule has 0 aromatic carbocycles. The van der Waals surface area contributed by atoms with Crippen LogP contribution in [-0.2, 0) is 11.3 Å². The number of rotatable bonds is 6. The maximum atomic E-state index is 4.90. The Balaban J connectivity index is 1.96. The molecule has 1 heterocycles. The summed E-state index contributed by atoms with van der Waals surface area (Å²) in [5, 5.41) is 6.99. The Labute approximate surface area is 71.9 Å². The third-order valence-corrected chi connectivity index (χ3v) is 1.50. The average Bonchev–Trinajstić information content (AvgIpc) is 2.57. The monoisotopic (exact) mass is 170 g/mol. The fourth-order valence-corrected chi connectivity index (χ4v) is 0.887. The predicted octanol–water partition coefficient (Wildman–Crippen LogP) is 0.801. The van der Waals surface area contributed by atoms with Crippen molar-refractivity contribution in [3.63, 3.8) is 0 Å². The van der Waals surface area contributed by atoms with Gasteiger partial charge in [-0.15, -0.1) is 0 Å². The fourth-order valence-electron chi connectivity index (χ4n) is 0.887. The van der Waals surface area contributed by atoms with Crippen LogP contribution in [0, 0.1) is 0 Å². The number of hydrogen-bond donors (Lipinski definition) is 1. The van der Waals surface area contributed by atoms with Gasteiger partial charge in [-0.25, -0.2) is 0 Å². The van der Waals surface area contributed by atoms with E-state index in [1.807, 2.05) is 6.07 Å². The highest BCUT2D eigenvalue weighted by atomic mass is 16.5. The van der Waals surface area contributed by atoms with Crippen LogP contribution in [0.1, 0.15) is 12.1 Å². The molecule has 0 saturated carbocycles. The predicted molar refractivity (Wildman–Crippen MR) is 44.7 cm³/mol. The Morgan fingerprint density at radius 1 is 1.67 bits per heavy atom. The van der Waals surface area contributed by atoms with Gasteiger partial charge in [0.1, 0.15) is 6.26 Å². The molecule has 1 aromatic rings. The highest BCUT2D eigenvalue weighted by molar-refractivity contribution is 4.93. The van der Waals surface area contributed by atoms with Crippen molar-refractivity contribution >= 4 is 0 Å². The van der Waals surface area contributed by atoms with Crippen LogP contribution in [0.25, 0.3) is 0 Å².